The zero-order valence-electron chi connectivity index (χ0n) is 18.0. The van der Waals surface area contributed by atoms with E-state index >= 15 is 0 Å². The Morgan fingerprint density at radius 1 is 1.27 bits per heavy atom. The lowest BCUT2D eigenvalue weighted by Crippen LogP contribution is -2.32. The van der Waals surface area contributed by atoms with Crippen molar-refractivity contribution in [2.45, 2.75) is 29.5 Å². The van der Waals surface area contributed by atoms with E-state index in [0.29, 0.717) is 23.5 Å². The number of hydrogen-bond donors (Lipinski definition) is 4. The van der Waals surface area contributed by atoms with E-state index < -0.39 is 0 Å². The molecule has 5 rings (SSSR count). The summed E-state index contributed by atoms with van der Waals surface area (Å²) < 4.78 is 1.87. The molecule has 1 amide bonds. The number of H-pyrrole nitrogens is 1. The van der Waals surface area contributed by atoms with Crippen LogP contribution in [0.25, 0.3) is 5.65 Å². The third-order valence-electron chi connectivity index (χ3n) is 5.27. The maximum absolute atomic E-state index is 12.3. The van der Waals surface area contributed by atoms with Gasteiger partial charge >= 0.3 is 0 Å². The highest BCUT2D eigenvalue weighted by molar-refractivity contribution is 7.99. The van der Waals surface area contributed by atoms with Crippen LogP contribution in [0.5, 0.6) is 0 Å². The van der Waals surface area contributed by atoms with Gasteiger partial charge in [0.1, 0.15) is 5.65 Å². The smallest absolute Gasteiger partial charge is 0.238 e. The molecule has 1 aromatic carbocycles. The number of aryl methyl sites for hydroxylation is 1. The Hall–Kier alpha value is -3.41. The molecule has 1 aliphatic heterocycles. The normalized spacial score (nSPS) is 16.4. The molecule has 4 N–H and O–H groups in total. The van der Waals surface area contributed by atoms with Crippen molar-refractivity contribution in [2.24, 2.45) is 0 Å². The van der Waals surface area contributed by atoms with Crippen LogP contribution >= 0.6 is 11.8 Å². The van der Waals surface area contributed by atoms with Gasteiger partial charge in [0.15, 0.2) is 11.0 Å². The van der Waals surface area contributed by atoms with Crippen LogP contribution in [0.1, 0.15) is 12.1 Å². The molecule has 11 heteroatoms. The Morgan fingerprint density at radius 3 is 2.85 bits per heavy atom. The van der Waals surface area contributed by atoms with E-state index in [4.69, 9.17) is 0 Å². The number of likely N-dealkylation sites (tertiary alicyclic amines) is 1. The molecule has 0 aliphatic carbocycles. The highest BCUT2D eigenvalue weighted by Crippen LogP contribution is 2.28. The second kappa shape index (κ2) is 9.22. The van der Waals surface area contributed by atoms with Crippen LogP contribution in [0, 0.1) is 6.92 Å². The van der Waals surface area contributed by atoms with Gasteiger partial charge in [-0.15, -0.1) is 0 Å². The number of rotatable bonds is 7. The van der Waals surface area contributed by atoms with Crippen molar-refractivity contribution in [3.05, 3.63) is 54.4 Å². The second-order valence-corrected chi connectivity index (χ2v) is 9.02. The number of carbonyl (C=O) groups excluding carboxylic acids is 1. The third kappa shape index (κ3) is 5.16. The number of benzene rings is 1. The van der Waals surface area contributed by atoms with E-state index in [0.717, 1.165) is 34.9 Å². The monoisotopic (exact) mass is 464 g/mol. The molecule has 1 aliphatic rings. The van der Waals surface area contributed by atoms with Crippen molar-refractivity contribution in [2.75, 3.05) is 30.3 Å². The molecule has 4 aromatic rings. The summed E-state index contributed by atoms with van der Waals surface area (Å²) in [7, 11) is 0. The molecule has 0 saturated carbocycles. The van der Waals surface area contributed by atoms with Gasteiger partial charge in [0.2, 0.25) is 11.9 Å². The van der Waals surface area contributed by atoms with Crippen molar-refractivity contribution in [3.63, 3.8) is 0 Å². The summed E-state index contributed by atoms with van der Waals surface area (Å²) in [5.41, 5.74) is 2.46. The van der Waals surface area contributed by atoms with Crippen molar-refractivity contribution < 1.29 is 9.90 Å². The SMILES string of the molecule is Cc1cc(Nc2nc(Sc3ccc(NC(=O)CN4CC[C@@H](O)C4)cc3)nc3cccn23)n[nH]1. The lowest BCUT2D eigenvalue weighted by atomic mass is 10.3. The summed E-state index contributed by atoms with van der Waals surface area (Å²) in [5, 5.41) is 23.5. The highest BCUT2D eigenvalue weighted by atomic mass is 32.2. The van der Waals surface area contributed by atoms with Crippen molar-refractivity contribution in [1.82, 2.24) is 29.5 Å². The van der Waals surface area contributed by atoms with Gasteiger partial charge < -0.3 is 15.7 Å². The molecule has 1 fully saturated rings. The zero-order valence-corrected chi connectivity index (χ0v) is 18.8. The summed E-state index contributed by atoms with van der Waals surface area (Å²) in [6.07, 6.45) is 2.28. The van der Waals surface area contributed by atoms with Gasteiger partial charge in [-0.2, -0.15) is 10.1 Å². The highest BCUT2D eigenvalue weighted by Gasteiger charge is 2.22. The predicted octanol–water partition coefficient (Wildman–Crippen LogP) is 2.66. The van der Waals surface area contributed by atoms with E-state index in [1.165, 1.54) is 11.8 Å². The number of carbonyl (C=O) groups is 1. The molecule has 4 heterocycles. The fourth-order valence-corrected chi connectivity index (χ4v) is 4.47. The first-order valence-corrected chi connectivity index (χ1v) is 11.5. The molecule has 33 heavy (non-hydrogen) atoms. The number of aliphatic hydroxyl groups excluding tert-OH is 1. The number of aliphatic hydroxyl groups is 1. The van der Waals surface area contributed by atoms with E-state index in [2.05, 4.69) is 30.8 Å². The first-order valence-electron chi connectivity index (χ1n) is 10.6. The molecule has 0 bridgehead atoms. The Balaban J connectivity index is 1.26. The van der Waals surface area contributed by atoms with Crippen molar-refractivity contribution in [3.8, 4) is 0 Å². The minimum absolute atomic E-state index is 0.0872. The molecular weight excluding hydrogens is 440 g/mol. The number of nitrogens with one attached hydrogen (secondary N) is 3. The Morgan fingerprint density at radius 2 is 2.12 bits per heavy atom. The Labute approximate surface area is 194 Å². The molecule has 1 saturated heterocycles. The molecule has 0 unspecified atom stereocenters. The molecule has 170 valence electrons. The van der Waals surface area contributed by atoms with Gasteiger partial charge in [-0.25, -0.2) is 4.98 Å². The number of anilines is 3. The standard InChI is InChI=1S/C22H24N8O2S/c1-14-11-18(28-27-14)24-21-26-22(25-19-3-2-9-30(19)21)33-17-6-4-15(5-7-17)23-20(32)13-29-10-8-16(31)12-29/h2-7,9,11,16,31H,8,10,12-13H2,1H3,(H,23,32)(H2,24,25,26,27,28)/t16-/m1/s1. The Bertz CT molecular complexity index is 1270. The topological polar surface area (TPSA) is 123 Å². The van der Waals surface area contributed by atoms with Crippen molar-refractivity contribution >= 4 is 40.8 Å². The fraction of sp³-hybridized carbons (Fsp3) is 0.273. The maximum atomic E-state index is 12.3. The van der Waals surface area contributed by atoms with E-state index in [1.807, 2.05) is 64.9 Å². The molecule has 3 aromatic heterocycles. The molecule has 0 spiro atoms. The number of amides is 1. The van der Waals surface area contributed by atoms with Gasteiger partial charge in [0, 0.05) is 41.6 Å². The number of fused-ring (bicyclic) bond motifs is 1. The summed E-state index contributed by atoms with van der Waals surface area (Å²) in [5.74, 6) is 1.21. The fourth-order valence-electron chi connectivity index (χ4n) is 3.71. The second-order valence-electron chi connectivity index (χ2n) is 7.98. The number of aromatic amines is 1. The third-order valence-corrected chi connectivity index (χ3v) is 6.15. The van der Waals surface area contributed by atoms with Gasteiger partial charge in [0.25, 0.3) is 0 Å². The summed E-state index contributed by atoms with van der Waals surface area (Å²) in [4.78, 5) is 24.5. The zero-order chi connectivity index (χ0) is 22.8. The molecular formula is C22H24N8O2S. The van der Waals surface area contributed by atoms with Crippen LogP contribution in [0.15, 0.2) is 58.7 Å². The molecule has 0 radical (unpaired) electrons. The van der Waals surface area contributed by atoms with Gasteiger partial charge in [-0.3, -0.25) is 19.2 Å². The van der Waals surface area contributed by atoms with E-state index in [9.17, 15) is 9.90 Å². The van der Waals surface area contributed by atoms with Crippen molar-refractivity contribution in [1.29, 1.82) is 0 Å². The van der Waals surface area contributed by atoms with E-state index in [1.54, 1.807) is 0 Å². The molecule has 1 atom stereocenters. The lowest BCUT2D eigenvalue weighted by Gasteiger charge is -2.14. The van der Waals surface area contributed by atoms with Crippen LogP contribution in [-0.4, -0.2) is 66.2 Å². The van der Waals surface area contributed by atoms with Gasteiger partial charge in [0.05, 0.1) is 12.6 Å². The van der Waals surface area contributed by atoms with Gasteiger partial charge in [-0.1, -0.05) is 0 Å². The Kier molecular flexibility index (Phi) is 5.99. The number of nitrogens with zero attached hydrogens (tertiary/aromatic N) is 5. The summed E-state index contributed by atoms with van der Waals surface area (Å²) in [6, 6.07) is 13.3. The first kappa shape index (κ1) is 21.4. The molecule has 10 nitrogen and oxygen atoms in total. The predicted molar refractivity (Wildman–Crippen MR) is 126 cm³/mol. The number of aromatic nitrogens is 5. The summed E-state index contributed by atoms with van der Waals surface area (Å²) in [6.45, 7) is 3.51. The quantitative estimate of drug-likeness (QED) is 0.329. The average Bonchev–Trinajstić information content (AvgIpc) is 3.51. The minimum Gasteiger partial charge on any atom is -0.392 e. The van der Waals surface area contributed by atoms with Crippen LogP contribution in [0.4, 0.5) is 17.5 Å². The summed E-state index contributed by atoms with van der Waals surface area (Å²) >= 11 is 1.44. The van der Waals surface area contributed by atoms with Crippen LogP contribution < -0.4 is 10.6 Å². The number of hydrogen-bond acceptors (Lipinski definition) is 8. The van der Waals surface area contributed by atoms with Crippen LogP contribution in [-0.2, 0) is 4.79 Å². The average molecular weight is 465 g/mol. The minimum atomic E-state index is -0.332. The van der Waals surface area contributed by atoms with Gasteiger partial charge in [-0.05, 0) is 61.5 Å². The lowest BCUT2D eigenvalue weighted by molar-refractivity contribution is -0.117. The maximum Gasteiger partial charge on any atom is 0.238 e. The van der Waals surface area contributed by atoms with Crippen LogP contribution in [0.2, 0.25) is 0 Å². The van der Waals surface area contributed by atoms with Crippen LogP contribution in [0.3, 0.4) is 0 Å². The largest absolute Gasteiger partial charge is 0.392 e. The first-order chi connectivity index (χ1) is 16.0. The number of β-amino-alcohol motifs (C(OH)–C–C–N with tert-alkyl or cyclic N) is 1. The van der Waals surface area contributed by atoms with E-state index in [-0.39, 0.29) is 18.6 Å².